The number of hydrogen-bond donors (Lipinski definition) is 7. The van der Waals surface area contributed by atoms with Crippen LogP contribution in [0.25, 0.3) is 98.4 Å². The van der Waals surface area contributed by atoms with Crippen LogP contribution in [0.15, 0.2) is 132 Å². The number of benzene rings is 9. The van der Waals surface area contributed by atoms with Crippen molar-refractivity contribution < 1.29 is 40.2 Å². The molecule has 8 heteroatoms. The van der Waals surface area contributed by atoms with E-state index in [1.165, 1.54) is 0 Å². The van der Waals surface area contributed by atoms with E-state index in [0.29, 0.717) is 0 Å². The predicted octanol–water partition coefficient (Wildman–Crippen LogP) is 11.1. The Morgan fingerprint density at radius 1 is 0.296 bits per heavy atom. The third-order valence-electron chi connectivity index (χ3n) is 10.6. The first kappa shape index (κ1) is 31.2. The van der Waals surface area contributed by atoms with Gasteiger partial charge in [0.1, 0.15) is 11.2 Å². The smallest absolute Gasteiger partial charge is 0.205 e. The highest BCUT2D eigenvalue weighted by molar-refractivity contribution is 6.23. The molecule has 0 fully saturated rings. The zero-order valence-electron chi connectivity index (χ0n) is 28.2. The van der Waals surface area contributed by atoms with Crippen molar-refractivity contribution >= 4 is 65.0 Å². The second-order valence-corrected chi connectivity index (χ2v) is 13.5. The first-order valence-corrected chi connectivity index (χ1v) is 17.2. The van der Waals surface area contributed by atoms with Crippen LogP contribution in [0.1, 0.15) is 0 Å². The van der Waals surface area contributed by atoms with E-state index in [1.807, 2.05) is 48.5 Å². The quantitative estimate of drug-likeness (QED) is 0.0543. The second kappa shape index (κ2) is 11.2. The minimum atomic E-state index is -1.09. The monoisotopic (exact) mass is 708 g/mol. The highest BCUT2D eigenvalue weighted by atomic mass is 16.4. The number of hydrogen-bond acceptors (Lipinski definition) is 8. The van der Waals surface area contributed by atoms with Gasteiger partial charge in [0.15, 0.2) is 23.0 Å². The standard InChI is InChI=1S/C46H28O8/c47-40-37(38-39(42(49)44(40)51)43(50)46(53)45(52)41(38)48)25-11-7-10-24(18-25)35-27-12-3-5-14-29(27)36(30-15-6-4-13-28(30)35)26-16-17-33-31(20-26)32-19-22-8-1-2-9-23(22)21-34(32)54-33/h1-21,47-53H. The van der Waals surface area contributed by atoms with E-state index >= 15 is 0 Å². The van der Waals surface area contributed by atoms with E-state index in [4.69, 9.17) is 4.42 Å². The molecule has 9 aromatic carbocycles. The summed E-state index contributed by atoms with van der Waals surface area (Å²) < 4.78 is 6.32. The van der Waals surface area contributed by atoms with Crippen LogP contribution in [0.4, 0.5) is 0 Å². The Kier molecular flexibility index (Phi) is 6.47. The van der Waals surface area contributed by atoms with Crippen LogP contribution in [0.3, 0.4) is 0 Å². The molecule has 1 aromatic heterocycles. The fourth-order valence-corrected chi connectivity index (χ4v) is 8.12. The summed E-state index contributed by atoms with van der Waals surface area (Å²) in [6.45, 7) is 0. The van der Waals surface area contributed by atoms with Gasteiger partial charge < -0.3 is 40.2 Å². The average Bonchev–Trinajstić information content (AvgIpc) is 3.55. The Hall–Kier alpha value is -7.58. The van der Waals surface area contributed by atoms with Gasteiger partial charge in [0.2, 0.25) is 17.2 Å². The lowest BCUT2D eigenvalue weighted by Crippen LogP contribution is -1.92. The third kappa shape index (κ3) is 4.25. The molecule has 0 aliphatic carbocycles. The molecule has 10 rings (SSSR count). The molecule has 0 unspecified atom stereocenters. The molecular formula is C46H28O8. The first-order valence-electron chi connectivity index (χ1n) is 17.2. The summed E-state index contributed by atoms with van der Waals surface area (Å²) in [5.41, 5.74) is 5.39. The summed E-state index contributed by atoms with van der Waals surface area (Å²) in [4.78, 5) is 0. The van der Waals surface area contributed by atoms with E-state index in [0.717, 1.165) is 76.5 Å². The van der Waals surface area contributed by atoms with Gasteiger partial charge in [-0.1, -0.05) is 97.1 Å². The summed E-state index contributed by atoms with van der Waals surface area (Å²) in [6, 6.07) is 42.0. The number of fused-ring (bicyclic) bond motifs is 7. The molecule has 0 saturated carbocycles. The van der Waals surface area contributed by atoms with E-state index in [1.54, 1.807) is 18.2 Å². The van der Waals surface area contributed by atoms with Crippen molar-refractivity contribution in [2.24, 2.45) is 0 Å². The highest BCUT2D eigenvalue weighted by Gasteiger charge is 2.29. The van der Waals surface area contributed by atoms with Crippen molar-refractivity contribution in [3.05, 3.63) is 127 Å². The van der Waals surface area contributed by atoms with Gasteiger partial charge in [-0.05, 0) is 90.5 Å². The van der Waals surface area contributed by atoms with Crippen molar-refractivity contribution in [3.63, 3.8) is 0 Å². The molecule has 7 N–H and O–H groups in total. The van der Waals surface area contributed by atoms with Crippen molar-refractivity contribution in [1.29, 1.82) is 0 Å². The van der Waals surface area contributed by atoms with Gasteiger partial charge in [0.05, 0.1) is 5.39 Å². The molecule has 0 bridgehead atoms. The molecule has 10 aromatic rings. The zero-order valence-corrected chi connectivity index (χ0v) is 28.2. The van der Waals surface area contributed by atoms with Gasteiger partial charge in [-0.15, -0.1) is 0 Å². The predicted molar refractivity (Wildman–Crippen MR) is 212 cm³/mol. The second-order valence-electron chi connectivity index (χ2n) is 13.5. The minimum absolute atomic E-state index is 0.177. The molecule has 0 spiro atoms. The summed E-state index contributed by atoms with van der Waals surface area (Å²) in [6.07, 6.45) is 0. The molecule has 0 radical (unpaired) electrons. The molecule has 0 amide bonds. The molecule has 8 nitrogen and oxygen atoms in total. The Balaban J connectivity index is 1.24. The molecule has 54 heavy (non-hydrogen) atoms. The van der Waals surface area contributed by atoms with Crippen LogP contribution in [0.5, 0.6) is 40.2 Å². The maximum Gasteiger partial charge on any atom is 0.205 e. The van der Waals surface area contributed by atoms with Crippen molar-refractivity contribution in [3.8, 4) is 73.6 Å². The molecule has 260 valence electrons. The van der Waals surface area contributed by atoms with E-state index in [9.17, 15) is 35.7 Å². The van der Waals surface area contributed by atoms with E-state index in [2.05, 4.69) is 60.7 Å². The van der Waals surface area contributed by atoms with Crippen LogP contribution >= 0.6 is 0 Å². The van der Waals surface area contributed by atoms with Gasteiger partial charge in [0, 0.05) is 21.7 Å². The highest BCUT2D eigenvalue weighted by Crippen LogP contribution is 2.59. The summed E-state index contributed by atoms with van der Waals surface area (Å²) in [5, 5.41) is 82.2. The fraction of sp³-hybridized carbons (Fsp3) is 0. The SMILES string of the molecule is Oc1c(O)c(O)c2c(-c3cccc(-c4c5ccccc5c(-c5ccc6oc7cc8ccccc8cc7c6c5)c5ccccc45)c3)c(O)c(O)c(O)c2c1O. The molecule has 1 heterocycles. The van der Waals surface area contributed by atoms with Crippen LogP contribution in [0, 0.1) is 0 Å². The van der Waals surface area contributed by atoms with Gasteiger partial charge in [-0.2, -0.15) is 0 Å². The number of phenolic OH excluding ortho intramolecular Hbond substituents is 7. The van der Waals surface area contributed by atoms with Crippen molar-refractivity contribution in [2.45, 2.75) is 0 Å². The lowest BCUT2D eigenvalue weighted by atomic mass is 9.85. The van der Waals surface area contributed by atoms with E-state index < -0.39 is 45.6 Å². The zero-order chi connectivity index (χ0) is 37.0. The maximum atomic E-state index is 11.2. The lowest BCUT2D eigenvalue weighted by molar-refractivity contribution is 0.347. The Morgan fingerprint density at radius 3 is 1.35 bits per heavy atom. The van der Waals surface area contributed by atoms with Crippen molar-refractivity contribution in [1.82, 2.24) is 0 Å². The van der Waals surface area contributed by atoms with Crippen molar-refractivity contribution in [2.75, 3.05) is 0 Å². The largest absolute Gasteiger partial charge is 0.504 e. The minimum Gasteiger partial charge on any atom is -0.504 e. The molecular weight excluding hydrogens is 680 g/mol. The van der Waals surface area contributed by atoms with E-state index in [-0.39, 0.29) is 16.5 Å². The number of phenols is 7. The van der Waals surface area contributed by atoms with Gasteiger partial charge >= 0.3 is 0 Å². The van der Waals surface area contributed by atoms with Gasteiger partial charge in [-0.25, -0.2) is 0 Å². The molecule has 0 aliphatic rings. The normalized spacial score (nSPS) is 11.9. The van der Waals surface area contributed by atoms with Crippen LogP contribution in [0.2, 0.25) is 0 Å². The number of aromatic hydroxyl groups is 7. The maximum absolute atomic E-state index is 11.2. The van der Waals surface area contributed by atoms with Crippen LogP contribution in [-0.2, 0) is 0 Å². The fourth-order valence-electron chi connectivity index (χ4n) is 8.12. The van der Waals surface area contributed by atoms with Crippen LogP contribution < -0.4 is 0 Å². The van der Waals surface area contributed by atoms with Crippen LogP contribution in [-0.4, -0.2) is 35.7 Å². The Morgan fingerprint density at radius 2 is 0.759 bits per heavy atom. The van der Waals surface area contributed by atoms with Gasteiger partial charge in [0.25, 0.3) is 0 Å². The van der Waals surface area contributed by atoms with Gasteiger partial charge in [-0.3, -0.25) is 0 Å². The Labute approximate surface area is 305 Å². The molecule has 0 aliphatic heterocycles. The average molecular weight is 709 g/mol. The molecule has 0 atom stereocenters. The Bertz CT molecular complexity index is 3180. The summed E-state index contributed by atoms with van der Waals surface area (Å²) >= 11 is 0. The number of rotatable bonds is 3. The number of furan rings is 1. The molecule has 0 saturated heterocycles. The first-order chi connectivity index (χ1) is 26.2. The summed E-state index contributed by atoms with van der Waals surface area (Å²) in [7, 11) is 0. The lowest BCUT2D eigenvalue weighted by Gasteiger charge is -2.19. The summed E-state index contributed by atoms with van der Waals surface area (Å²) in [5.74, 6) is -6.77. The topological polar surface area (TPSA) is 155 Å². The third-order valence-corrected chi connectivity index (χ3v) is 10.6.